The van der Waals surface area contributed by atoms with Crippen molar-refractivity contribution >= 4 is 17.7 Å². The molecule has 2 atom stereocenters. The van der Waals surface area contributed by atoms with E-state index < -0.39 is 5.60 Å². The Morgan fingerprint density at radius 1 is 1.67 bits per heavy atom. The van der Waals surface area contributed by atoms with Crippen molar-refractivity contribution in [2.45, 2.75) is 31.9 Å². The third kappa shape index (κ3) is 6.02. The van der Waals surface area contributed by atoms with E-state index in [0.717, 1.165) is 0 Å². The summed E-state index contributed by atoms with van der Waals surface area (Å²) in [6.07, 6.45) is 2.59. The number of thioether (sulfide) groups is 1. The van der Waals surface area contributed by atoms with Gasteiger partial charge in [-0.3, -0.25) is 4.79 Å². The smallest absolute Gasteiger partial charge is 0.322 e. The zero-order valence-electron chi connectivity index (χ0n) is 9.87. The molecule has 0 heterocycles. The Hall–Kier alpha value is -0.260. The lowest BCUT2D eigenvalue weighted by molar-refractivity contribution is -0.143. The van der Waals surface area contributed by atoms with E-state index in [1.54, 1.807) is 18.7 Å². The monoisotopic (exact) mass is 235 g/mol. The van der Waals surface area contributed by atoms with E-state index >= 15 is 0 Å². The van der Waals surface area contributed by atoms with E-state index in [4.69, 9.17) is 0 Å². The zero-order valence-corrected chi connectivity index (χ0v) is 10.7. The number of nitrogens with one attached hydrogen (secondary N) is 1. The summed E-state index contributed by atoms with van der Waals surface area (Å²) in [5.41, 5.74) is -0.791. The first kappa shape index (κ1) is 14.7. The van der Waals surface area contributed by atoms with Crippen LogP contribution in [0.1, 0.15) is 20.3 Å². The van der Waals surface area contributed by atoms with E-state index in [2.05, 4.69) is 10.1 Å². The van der Waals surface area contributed by atoms with Crippen LogP contribution in [0.2, 0.25) is 0 Å². The standard InChI is InChI=1S/C10H21NO3S/c1-5-8(9(12)14-3)11-6-10(2,13)7-15-4/h8,11,13H,5-7H2,1-4H3. The second-order valence-electron chi connectivity index (χ2n) is 3.79. The predicted molar refractivity (Wildman–Crippen MR) is 63.1 cm³/mol. The van der Waals surface area contributed by atoms with Gasteiger partial charge in [0, 0.05) is 12.3 Å². The van der Waals surface area contributed by atoms with Gasteiger partial charge in [0.25, 0.3) is 0 Å². The minimum atomic E-state index is -0.791. The first-order valence-electron chi connectivity index (χ1n) is 4.99. The number of carbonyl (C=O) groups is 1. The maximum absolute atomic E-state index is 11.2. The molecule has 0 aliphatic rings. The van der Waals surface area contributed by atoms with E-state index in [-0.39, 0.29) is 12.0 Å². The van der Waals surface area contributed by atoms with Gasteiger partial charge >= 0.3 is 5.97 Å². The lowest BCUT2D eigenvalue weighted by atomic mass is 10.1. The molecule has 0 rings (SSSR count). The highest BCUT2D eigenvalue weighted by Gasteiger charge is 2.23. The van der Waals surface area contributed by atoms with Crippen molar-refractivity contribution in [1.82, 2.24) is 5.32 Å². The fraction of sp³-hybridized carbons (Fsp3) is 0.900. The normalized spacial score (nSPS) is 16.9. The second-order valence-corrected chi connectivity index (χ2v) is 4.66. The number of hydrogen-bond donors (Lipinski definition) is 2. The van der Waals surface area contributed by atoms with Crippen LogP contribution < -0.4 is 5.32 Å². The van der Waals surface area contributed by atoms with Crippen molar-refractivity contribution in [2.75, 3.05) is 25.7 Å². The molecule has 90 valence electrons. The fourth-order valence-electron chi connectivity index (χ4n) is 1.24. The van der Waals surface area contributed by atoms with Crippen molar-refractivity contribution < 1.29 is 14.6 Å². The SMILES string of the molecule is CCC(NCC(C)(O)CSC)C(=O)OC. The average Bonchev–Trinajstić information content (AvgIpc) is 2.18. The lowest BCUT2D eigenvalue weighted by Crippen LogP contribution is -2.47. The van der Waals surface area contributed by atoms with Crippen LogP contribution >= 0.6 is 11.8 Å². The van der Waals surface area contributed by atoms with Crippen LogP contribution in [-0.2, 0) is 9.53 Å². The molecule has 2 N–H and O–H groups in total. The Labute approximate surface area is 95.8 Å². The molecule has 0 aromatic rings. The van der Waals surface area contributed by atoms with Crippen molar-refractivity contribution in [3.8, 4) is 0 Å². The van der Waals surface area contributed by atoms with Gasteiger partial charge in [-0.05, 0) is 19.6 Å². The molecular weight excluding hydrogens is 214 g/mol. The van der Waals surface area contributed by atoms with Crippen LogP contribution in [0.4, 0.5) is 0 Å². The molecule has 5 heteroatoms. The summed E-state index contributed by atoms with van der Waals surface area (Å²) in [5, 5.41) is 12.9. The summed E-state index contributed by atoms with van der Waals surface area (Å²) in [5.74, 6) is 0.356. The highest BCUT2D eigenvalue weighted by Crippen LogP contribution is 2.09. The van der Waals surface area contributed by atoms with E-state index in [1.165, 1.54) is 7.11 Å². The molecule has 0 aliphatic carbocycles. The number of carbonyl (C=O) groups excluding carboxylic acids is 1. The van der Waals surface area contributed by atoms with Crippen LogP contribution in [0.3, 0.4) is 0 Å². The van der Waals surface area contributed by atoms with Crippen LogP contribution in [0.5, 0.6) is 0 Å². The van der Waals surface area contributed by atoms with Gasteiger partial charge in [-0.1, -0.05) is 6.92 Å². The van der Waals surface area contributed by atoms with Gasteiger partial charge < -0.3 is 15.2 Å². The Morgan fingerprint density at radius 3 is 2.67 bits per heavy atom. The maximum atomic E-state index is 11.2. The van der Waals surface area contributed by atoms with E-state index in [9.17, 15) is 9.90 Å². The summed E-state index contributed by atoms with van der Waals surface area (Å²) in [4.78, 5) is 11.2. The van der Waals surface area contributed by atoms with Gasteiger partial charge in [0.05, 0.1) is 12.7 Å². The molecule has 0 aromatic carbocycles. The Morgan fingerprint density at radius 2 is 2.27 bits per heavy atom. The third-order valence-corrected chi connectivity index (χ3v) is 2.99. The molecule has 0 fully saturated rings. The molecule has 0 saturated carbocycles. The highest BCUT2D eigenvalue weighted by molar-refractivity contribution is 7.98. The van der Waals surface area contributed by atoms with Crippen molar-refractivity contribution in [1.29, 1.82) is 0 Å². The first-order valence-corrected chi connectivity index (χ1v) is 6.38. The minimum Gasteiger partial charge on any atom is -0.468 e. The second kappa shape index (κ2) is 7.09. The molecule has 0 amide bonds. The topological polar surface area (TPSA) is 58.6 Å². The molecule has 0 spiro atoms. The molecule has 15 heavy (non-hydrogen) atoms. The maximum Gasteiger partial charge on any atom is 0.322 e. The molecule has 0 bridgehead atoms. The summed E-state index contributed by atoms with van der Waals surface area (Å²) in [6.45, 7) is 4.04. The van der Waals surface area contributed by atoms with Crippen LogP contribution in [0, 0.1) is 0 Å². The van der Waals surface area contributed by atoms with Gasteiger partial charge in [-0.15, -0.1) is 0 Å². The van der Waals surface area contributed by atoms with Crippen molar-refractivity contribution in [3.05, 3.63) is 0 Å². The summed E-state index contributed by atoms with van der Waals surface area (Å²) < 4.78 is 4.64. The third-order valence-electron chi connectivity index (χ3n) is 2.08. The summed E-state index contributed by atoms with van der Waals surface area (Å²) in [6, 6.07) is -0.330. The zero-order chi connectivity index (χ0) is 11.9. The molecule has 0 radical (unpaired) electrons. The number of ether oxygens (including phenoxy) is 1. The number of aliphatic hydroxyl groups is 1. The van der Waals surface area contributed by atoms with E-state index in [1.807, 2.05) is 13.2 Å². The molecule has 4 nitrogen and oxygen atoms in total. The van der Waals surface area contributed by atoms with Gasteiger partial charge in [0.1, 0.15) is 6.04 Å². The van der Waals surface area contributed by atoms with Gasteiger partial charge in [-0.2, -0.15) is 11.8 Å². The van der Waals surface area contributed by atoms with Crippen LogP contribution in [0.25, 0.3) is 0 Å². The Kier molecular flexibility index (Phi) is 6.96. The minimum absolute atomic E-state index is 0.280. The van der Waals surface area contributed by atoms with Crippen LogP contribution in [0.15, 0.2) is 0 Å². The fourth-order valence-corrected chi connectivity index (χ4v) is 1.97. The average molecular weight is 235 g/mol. The lowest BCUT2D eigenvalue weighted by Gasteiger charge is -2.25. The molecular formula is C10H21NO3S. The Bertz CT molecular complexity index is 197. The van der Waals surface area contributed by atoms with Crippen LogP contribution in [-0.4, -0.2) is 48.4 Å². The van der Waals surface area contributed by atoms with Crippen molar-refractivity contribution in [3.63, 3.8) is 0 Å². The van der Waals surface area contributed by atoms with Crippen molar-refractivity contribution in [2.24, 2.45) is 0 Å². The molecule has 2 unspecified atom stereocenters. The molecule has 0 aromatic heterocycles. The number of esters is 1. The number of rotatable bonds is 7. The van der Waals surface area contributed by atoms with Gasteiger partial charge in [0.2, 0.25) is 0 Å². The highest BCUT2D eigenvalue weighted by atomic mass is 32.2. The van der Waals surface area contributed by atoms with E-state index in [0.29, 0.717) is 18.7 Å². The number of methoxy groups -OCH3 is 1. The first-order chi connectivity index (χ1) is 6.96. The largest absolute Gasteiger partial charge is 0.468 e. The quantitative estimate of drug-likeness (QED) is 0.634. The predicted octanol–water partition coefficient (Wildman–Crippen LogP) is 0.642. The summed E-state index contributed by atoms with van der Waals surface area (Å²) in [7, 11) is 1.37. The molecule has 0 aliphatic heterocycles. The molecule has 0 saturated heterocycles. The Balaban J connectivity index is 4.05. The van der Waals surface area contributed by atoms with Gasteiger partial charge in [0.15, 0.2) is 0 Å². The summed E-state index contributed by atoms with van der Waals surface area (Å²) >= 11 is 1.58. The number of hydrogen-bond acceptors (Lipinski definition) is 5. The van der Waals surface area contributed by atoms with Gasteiger partial charge in [-0.25, -0.2) is 0 Å².